The van der Waals surface area contributed by atoms with Gasteiger partial charge in [0.05, 0.1) is 21.3 Å². The van der Waals surface area contributed by atoms with E-state index < -0.39 is 0 Å². The van der Waals surface area contributed by atoms with Crippen LogP contribution in [0.5, 0.6) is 17.2 Å². The molecule has 2 N–H and O–H groups in total. The van der Waals surface area contributed by atoms with E-state index >= 15 is 0 Å². The van der Waals surface area contributed by atoms with Crippen molar-refractivity contribution in [3.8, 4) is 17.2 Å². The smallest absolute Gasteiger partial charge is 0.315 e. The van der Waals surface area contributed by atoms with Crippen LogP contribution in [0.15, 0.2) is 12.1 Å². The van der Waals surface area contributed by atoms with Crippen LogP contribution in [-0.2, 0) is 6.54 Å². The SMILES string of the molecule is CCCCCC(C)NC(=O)NCc1cc(OC)c(OC)c(OC)c1. The lowest BCUT2D eigenvalue weighted by molar-refractivity contribution is 0.236. The molecule has 0 aliphatic rings. The summed E-state index contributed by atoms with van der Waals surface area (Å²) < 4.78 is 15.9. The first-order valence-corrected chi connectivity index (χ1v) is 8.38. The predicted molar refractivity (Wildman–Crippen MR) is 95.1 cm³/mol. The number of rotatable bonds is 10. The third-order valence-corrected chi connectivity index (χ3v) is 3.80. The molecule has 0 aliphatic carbocycles. The van der Waals surface area contributed by atoms with Gasteiger partial charge in [0.25, 0.3) is 0 Å². The van der Waals surface area contributed by atoms with Gasteiger partial charge in [-0.3, -0.25) is 0 Å². The van der Waals surface area contributed by atoms with Crippen LogP contribution in [0.25, 0.3) is 0 Å². The third-order valence-electron chi connectivity index (χ3n) is 3.80. The van der Waals surface area contributed by atoms with Crippen LogP contribution in [0.4, 0.5) is 4.79 Å². The molecule has 1 rings (SSSR count). The molecule has 2 amide bonds. The van der Waals surface area contributed by atoms with Gasteiger partial charge in [-0.25, -0.2) is 4.79 Å². The molecule has 24 heavy (non-hydrogen) atoms. The summed E-state index contributed by atoms with van der Waals surface area (Å²) in [7, 11) is 4.70. The molecule has 0 fully saturated rings. The van der Waals surface area contributed by atoms with E-state index in [4.69, 9.17) is 14.2 Å². The van der Waals surface area contributed by atoms with Crippen LogP contribution < -0.4 is 24.8 Å². The van der Waals surface area contributed by atoms with Crippen LogP contribution in [0.2, 0.25) is 0 Å². The number of amides is 2. The number of ether oxygens (including phenoxy) is 3. The lowest BCUT2D eigenvalue weighted by Gasteiger charge is -2.16. The summed E-state index contributed by atoms with van der Waals surface area (Å²) in [6.45, 7) is 4.57. The number of carbonyl (C=O) groups excluding carboxylic acids is 1. The first kappa shape index (κ1) is 19.9. The Morgan fingerprint density at radius 3 is 2.21 bits per heavy atom. The number of urea groups is 1. The lowest BCUT2D eigenvalue weighted by Crippen LogP contribution is -2.40. The van der Waals surface area contributed by atoms with Crippen LogP contribution in [0.3, 0.4) is 0 Å². The number of hydrogen-bond donors (Lipinski definition) is 2. The summed E-state index contributed by atoms with van der Waals surface area (Å²) in [5, 5.41) is 5.81. The maximum Gasteiger partial charge on any atom is 0.315 e. The van der Waals surface area contributed by atoms with Gasteiger partial charge in [0.1, 0.15) is 0 Å². The topological polar surface area (TPSA) is 68.8 Å². The number of benzene rings is 1. The van der Waals surface area contributed by atoms with Gasteiger partial charge in [0.15, 0.2) is 11.5 Å². The second-order valence-electron chi connectivity index (χ2n) is 5.76. The van der Waals surface area contributed by atoms with Gasteiger partial charge >= 0.3 is 6.03 Å². The number of carbonyl (C=O) groups is 1. The Labute approximate surface area is 144 Å². The maximum absolute atomic E-state index is 12.0. The number of unbranched alkanes of at least 4 members (excludes halogenated alkanes) is 2. The van der Waals surface area contributed by atoms with Gasteiger partial charge in [0, 0.05) is 12.6 Å². The highest BCUT2D eigenvalue weighted by molar-refractivity contribution is 5.74. The molecule has 6 heteroatoms. The van der Waals surface area contributed by atoms with Crippen LogP contribution in [0, 0.1) is 0 Å². The van der Waals surface area contributed by atoms with Crippen molar-refractivity contribution in [3.63, 3.8) is 0 Å². The molecular formula is C18H30N2O4. The average Bonchev–Trinajstić information content (AvgIpc) is 2.59. The second kappa shape index (κ2) is 10.6. The Balaban J connectivity index is 2.59. The minimum absolute atomic E-state index is 0.163. The molecule has 1 unspecified atom stereocenters. The molecule has 136 valence electrons. The first-order valence-electron chi connectivity index (χ1n) is 8.38. The summed E-state index contributed by atoms with van der Waals surface area (Å²) in [6, 6.07) is 3.64. The second-order valence-corrected chi connectivity index (χ2v) is 5.76. The summed E-state index contributed by atoms with van der Waals surface area (Å²) in [5.41, 5.74) is 0.873. The van der Waals surface area contributed by atoms with E-state index in [0.29, 0.717) is 23.8 Å². The molecule has 1 aromatic rings. The van der Waals surface area contributed by atoms with E-state index in [2.05, 4.69) is 17.6 Å². The Morgan fingerprint density at radius 1 is 1.08 bits per heavy atom. The third kappa shape index (κ3) is 6.18. The zero-order valence-corrected chi connectivity index (χ0v) is 15.4. The Kier molecular flexibility index (Phi) is 8.83. The van der Waals surface area contributed by atoms with Crippen molar-refractivity contribution in [1.82, 2.24) is 10.6 Å². The number of nitrogens with one attached hydrogen (secondary N) is 2. The zero-order valence-electron chi connectivity index (χ0n) is 15.4. The van der Waals surface area contributed by atoms with Crippen molar-refractivity contribution in [2.24, 2.45) is 0 Å². The summed E-state index contributed by atoms with van der Waals surface area (Å²) >= 11 is 0. The Morgan fingerprint density at radius 2 is 1.71 bits per heavy atom. The molecule has 0 aromatic heterocycles. The fourth-order valence-electron chi connectivity index (χ4n) is 2.47. The molecule has 1 atom stereocenters. The van der Waals surface area contributed by atoms with Crippen molar-refractivity contribution in [2.45, 2.75) is 52.1 Å². The van der Waals surface area contributed by atoms with Crippen molar-refractivity contribution in [1.29, 1.82) is 0 Å². The van der Waals surface area contributed by atoms with Gasteiger partial charge in [-0.2, -0.15) is 0 Å². The van der Waals surface area contributed by atoms with E-state index in [1.54, 1.807) is 21.3 Å². The molecule has 0 radical (unpaired) electrons. The molecule has 0 aliphatic heterocycles. The summed E-state index contributed by atoms with van der Waals surface area (Å²) in [4.78, 5) is 12.0. The Bertz CT molecular complexity index is 495. The van der Waals surface area contributed by atoms with Gasteiger partial charge in [-0.15, -0.1) is 0 Å². The average molecular weight is 338 g/mol. The van der Waals surface area contributed by atoms with E-state index in [0.717, 1.165) is 18.4 Å². The maximum atomic E-state index is 12.0. The van der Waals surface area contributed by atoms with Crippen molar-refractivity contribution >= 4 is 6.03 Å². The molecule has 0 saturated carbocycles. The van der Waals surface area contributed by atoms with Gasteiger partial charge < -0.3 is 24.8 Å². The summed E-state index contributed by atoms with van der Waals surface area (Å²) in [6.07, 6.45) is 4.50. The molecule has 0 saturated heterocycles. The molecule has 0 heterocycles. The lowest BCUT2D eigenvalue weighted by atomic mass is 10.1. The van der Waals surface area contributed by atoms with Gasteiger partial charge in [-0.05, 0) is 31.0 Å². The van der Waals surface area contributed by atoms with Crippen LogP contribution >= 0.6 is 0 Å². The highest BCUT2D eigenvalue weighted by atomic mass is 16.5. The monoisotopic (exact) mass is 338 g/mol. The van der Waals surface area contributed by atoms with E-state index in [1.165, 1.54) is 12.8 Å². The molecule has 0 spiro atoms. The van der Waals surface area contributed by atoms with Gasteiger partial charge in [-0.1, -0.05) is 26.2 Å². The highest BCUT2D eigenvalue weighted by Gasteiger charge is 2.14. The molecule has 6 nitrogen and oxygen atoms in total. The molecular weight excluding hydrogens is 308 g/mol. The minimum Gasteiger partial charge on any atom is -0.493 e. The molecule has 0 bridgehead atoms. The van der Waals surface area contributed by atoms with Crippen LogP contribution in [-0.4, -0.2) is 33.4 Å². The van der Waals surface area contributed by atoms with Crippen LogP contribution in [0.1, 0.15) is 45.1 Å². The van der Waals surface area contributed by atoms with E-state index in [1.807, 2.05) is 19.1 Å². The van der Waals surface area contributed by atoms with Crippen molar-refractivity contribution in [3.05, 3.63) is 17.7 Å². The fourth-order valence-corrected chi connectivity index (χ4v) is 2.47. The van der Waals surface area contributed by atoms with Gasteiger partial charge in [0.2, 0.25) is 5.75 Å². The Hall–Kier alpha value is -2.11. The number of hydrogen-bond acceptors (Lipinski definition) is 4. The first-order chi connectivity index (χ1) is 11.5. The van der Waals surface area contributed by atoms with Crippen molar-refractivity contribution in [2.75, 3.05) is 21.3 Å². The number of methoxy groups -OCH3 is 3. The normalized spacial score (nSPS) is 11.5. The standard InChI is InChI=1S/C18H30N2O4/c1-6-7-8-9-13(2)20-18(21)19-12-14-10-15(22-3)17(24-5)16(11-14)23-4/h10-11,13H,6-9,12H2,1-5H3,(H2,19,20,21). The highest BCUT2D eigenvalue weighted by Crippen LogP contribution is 2.38. The largest absolute Gasteiger partial charge is 0.493 e. The fraction of sp³-hybridized carbons (Fsp3) is 0.611. The molecule has 1 aromatic carbocycles. The quantitative estimate of drug-likeness (QED) is 0.641. The predicted octanol–water partition coefficient (Wildman–Crippen LogP) is 3.48. The summed E-state index contributed by atoms with van der Waals surface area (Å²) in [5.74, 6) is 1.68. The van der Waals surface area contributed by atoms with E-state index in [9.17, 15) is 4.79 Å². The zero-order chi connectivity index (χ0) is 17.9. The van der Waals surface area contributed by atoms with E-state index in [-0.39, 0.29) is 12.1 Å². The van der Waals surface area contributed by atoms with Crippen molar-refractivity contribution < 1.29 is 19.0 Å². The minimum atomic E-state index is -0.173.